The van der Waals surface area contributed by atoms with Gasteiger partial charge in [0, 0.05) is 19.0 Å². The Morgan fingerprint density at radius 3 is 2.84 bits per heavy atom. The van der Waals surface area contributed by atoms with Gasteiger partial charge in [0.2, 0.25) is 11.6 Å². The number of imidazole rings is 1. The highest BCUT2D eigenvalue weighted by Gasteiger charge is 2.27. The number of hydrogen-bond donors (Lipinski definition) is 2. The summed E-state index contributed by atoms with van der Waals surface area (Å²) in [5.41, 5.74) is 3.24. The zero-order chi connectivity index (χ0) is 14.3. The Hall–Kier alpha value is -1.53. The van der Waals surface area contributed by atoms with Gasteiger partial charge in [0.25, 0.3) is 0 Å². The highest BCUT2D eigenvalue weighted by molar-refractivity contribution is 6.42. The molecule has 0 fully saturated rings. The van der Waals surface area contributed by atoms with Crippen molar-refractivity contribution in [3.05, 3.63) is 24.6 Å². The van der Waals surface area contributed by atoms with E-state index in [1.54, 1.807) is 6.20 Å². The minimum atomic E-state index is -0.721. The Bertz CT molecular complexity index is 403. The third-order valence-electron chi connectivity index (χ3n) is 2.87. The predicted molar refractivity (Wildman–Crippen MR) is 70.0 cm³/mol. The largest absolute Gasteiger partial charge is 0.351 e. The first-order valence-corrected chi connectivity index (χ1v) is 6.27. The summed E-state index contributed by atoms with van der Waals surface area (Å²) >= 11 is 0. The molecule has 0 aromatic carbocycles. The standard InChI is InChI=1S/C13H20N3O3/c1-4-9(2)5-12(17)13(18)11(16-19-3)6-10-7-14-8-15-10/h5,7-9,11,16H,4,6H2,1-3H3,(H,14,15)/t9?,11-/m0/s1. The summed E-state index contributed by atoms with van der Waals surface area (Å²) in [4.78, 5) is 35.5. The van der Waals surface area contributed by atoms with Crippen molar-refractivity contribution in [3.63, 3.8) is 0 Å². The lowest BCUT2D eigenvalue weighted by Crippen LogP contribution is -2.42. The van der Waals surface area contributed by atoms with E-state index in [0.29, 0.717) is 12.1 Å². The maximum absolute atomic E-state index is 12.0. The number of carbonyl (C=O) groups is 2. The van der Waals surface area contributed by atoms with E-state index < -0.39 is 17.6 Å². The van der Waals surface area contributed by atoms with Crippen molar-refractivity contribution in [2.75, 3.05) is 7.11 Å². The lowest BCUT2D eigenvalue weighted by molar-refractivity contribution is -0.138. The lowest BCUT2D eigenvalue weighted by Gasteiger charge is -2.15. The molecule has 1 unspecified atom stereocenters. The molecule has 0 aliphatic rings. The first-order chi connectivity index (χ1) is 9.08. The summed E-state index contributed by atoms with van der Waals surface area (Å²) in [5.74, 6) is -0.908. The van der Waals surface area contributed by atoms with Crippen LogP contribution in [0.15, 0.2) is 12.5 Å². The Kier molecular flexibility index (Phi) is 6.38. The van der Waals surface area contributed by atoms with Crippen molar-refractivity contribution in [2.24, 2.45) is 5.92 Å². The van der Waals surface area contributed by atoms with Crippen LogP contribution in [0.1, 0.15) is 26.0 Å². The van der Waals surface area contributed by atoms with Crippen molar-refractivity contribution in [2.45, 2.75) is 32.7 Å². The second-order valence-electron chi connectivity index (χ2n) is 4.42. The number of rotatable bonds is 9. The van der Waals surface area contributed by atoms with Crippen LogP contribution in [0.25, 0.3) is 0 Å². The van der Waals surface area contributed by atoms with Crippen LogP contribution in [0.4, 0.5) is 0 Å². The van der Waals surface area contributed by atoms with Gasteiger partial charge in [-0.25, -0.2) is 4.98 Å². The molecular formula is C13H20N3O3. The van der Waals surface area contributed by atoms with Gasteiger partial charge < -0.3 is 9.82 Å². The highest BCUT2D eigenvalue weighted by atomic mass is 16.6. The molecule has 0 aliphatic heterocycles. The van der Waals surface area contributed by atoms with Crippen molar-refractivity contribution in [1.82, 2.24) is 15.4 Å². The minimum absolute atomic E-state index is 0.0880. The Morgan fingerprint density at radius 1 is 1.58 bits per heavy atom. The first kappa shape index (κ1) is 15.5. The molecule has 1 heterocycles. The molecule has 2 atom stereocenters. The van der Waals surface area contributed by atoms with Crippen LogP contribution in [0.5, 0.6) is 0 Å². The fraction of sp³-hybridized carbons (Fsp3) is 0.538. The van der Waals surface area contributed by atoms with Crippen LogP contribution in [-0.2, 0) is 20.8 Å². The van der Waals surface area contributed by atoms with E-state index >= 15 is 0 Å². The fourth-order valence-corrected chi connectivity index (χ4v) is 1.57. The van der Waals surface area contributed by atoms with Gasteiger partial charge in [-0.2, -0.15) is 5.48 Å². The summed E-state index contributed by atoms with van der Waals surface area (Å²) in [5, 5.41) is 0. The summed E-state index contributed by atoms with van der Waals surface area (Å²) in [6, 6.07) is -0.721. The number of ketones is 2. The molecular weight excluding hydrogens is 246 g/mol. The number of aromatic amines is 1. The van der Waals surface area contributed by atoms with Crippen LogP contribution in [-0.4, -0.2) is 34.7 Å². The molecule has 1 aromatic rings. The number of hydrogen-bond acceptors (Lipinski definition) is 5. The molecule has 0 saturated heterocycles. The number of Topliss-reactive ketones (excluding diaryl/α,β-unsaturated/α-hetero) is 2. The summed E-state index contributed by atoms with van der Waals surface area (Å²) in [6.45, 7) is 3.87. The molecule has 6 heteroatoms. The van der Waals surface area contributed by atoms with E-state index in [9.17, 15) is 9.59 Å². The van der Waals surface area contributed by atoms with Crippen LogP contribution in [0, 0.1) is 12.3 Å². The molecule has 0 amide bonds. The second-order valence-corrected chi connectivity index (χ2v) is 4.42. The highest BCUT2D eigenvalue weighted by Crippen LogP contribution is 2.08. The van der Waals surface area contributed by atoms with Gasteiger partial charge in [0.1, 0.15) is 6.04 Å². The molecule has 1 radical (unpaired) electrons. The quantitative estimate of drug-likeness (QED) is 0.511. The van der Waals surface area contributed by atoms with Gasteiger partial charge in [0.05, 0.1) is 19.1 Å². The van der Waals surface area contributed by atoms with Crippen LogP contribution < -0.4 is 5.48 Å². The molecule has 1 rings (SSSR count). The minimum Gasteiger partial charge on any atom is -0.351 e. The normalized spacial score (nSPS) is 14.1. The summed E-state index contributed by atoms with van der Waals surface area (Å²) in [7, 11) is 1.41. The second kappa shape index (κ2) is 7.81. The van der Waals surface area contributed by atoms with Gasteiger partial charge in [-0.1, -0.05) is 20.3 Å². The molecule has 19 heavy (non-hydrogen) atoms. The van der Waals surface area contributed by atoms with Crippen molar-refractivity contribution in [1.29, 1.82) is 0 Å². The predicted octanol–water partition coefficient (Wildman–Crippen LogP) is 0.860. The average molecular weight is 266 g/mol. The molecule has 105 valence electrons. The molecule has 0 aliphatic carbocycles. The number of hydroxylamine groups is 1. The topological polar surface area (TPSA) is 84.1 Å². The van der Waals surface area contributed by atoms with Crippen LogP contribution in [0.2, 0.25) is 0 Å². The molecule has 0 spiro atoms. The smallest absolute Gasteiger partial charge is 0.218 e. The zero-order valence-corrected chi connectivity index (χ0v) is 11.5. The molecule has 0 bridgehead atoms. The van der Waals surface area contributed by atoms with Crippen LogP contribution >= 0.6 is 0 Å². The maximum Gasteiger partial charge on any atom is 0.218 e. The summed E-state index contributed by atoms with van der Waals surface area (Å²) < 4.78 is 0. The SMILES string of the molecule is CCC(C)[CH]C(=O)C(=O)[C@H](Cc1c[nH]cn1)NOC. The van der Waals surface area contributed by atoms with Gasteiger partial charge in [-0.3, -0.25) is 9.59 Å². The van der Waals surface area contributed by atoms with E-state index in [0.717, 1.165) is 6.42 Å². The number of aromatic nitrogens is 2. The van der Waals surface area contributed by atoms with Crippen LogP contribution in [0.3, 0.4) is 0 Å². The maximum atomic E-state index is 12.0. The Morgan fingerprint density at radius 2 is 2.32 bits per heavy atom. The van der Waals surface area contributed by atoms with E-state index in [4.69, 9.17) is 4.84 Å². The van der Waals surface area contributed by atoms with Gasteiger partial charge in [0.15, 0.2) is 0 Å². The van der Waals surface area contributed by atoms with Gasteiger partial charge in [-0.15, -0.1) is 0 Å². The Labute approximate surface area is 112 Å². The van der Waals surface area contributed by atoms with Crippen molar-refractivity contribution >= 4 is 11.6 Å². The molecule has 1 aromatic heterocycles. The van der Waals surface area contributed by atoms with E-state index in [1.165, 1.54) is 19.9 Å². The third kappa shape index (κ3) is 4.92. The first-order valence-electron chi connectivity index (χ1n) is 6.27. The van der Waals surface area contributed by atoms with Gasteiger partial charge in [-0.05, 0) is 5.92 Å². The third-order valence-corrected chi connectivity index (χ3v) is 2.87. The number of H-pyrrole nitrogens is 1. The van der Waals surface area contributed by atoms with E-state index in [1.807, 2.05) is 13.8 Å². The summed E-state index contributed by atoms with van der Waals surface area (Å²) in [6.07, 6.45) is 5.78. The fourth-order valence-electron chi connectivity index (χ4n) is 1.57. The Balaban J connectivity index is 2.64. The van der Waals surface area contributed by atoms with E-state index in [-0.39, 0.29) is 5.92 Å². The van der Waals surface area contributed by atoms with Crippen molar-refractivity contribution < 1.29 is 14.4 Å². The van der Waals surface area contributed by atoms with Gasteiger partial charge >= 0.3 is 0 Å². The molecule has 2 N–H and O–H groups in total. The molecule has 0 saturated carbocycles. The number of nitrogens with zero attached hydrogens (tertiary/aromatic N) is 1. The van der Waals surface area contributed by atoms with Crippen molar-refractivity contribution in [3.8, 4) is 0 Å². The molecule has 6 nitrogen and oxygen atoms in total. The average Bonchev–Trinajstić information content (AvgIpc) is 2.90. The van der Waals surface area contributed by atoms with E-state index in [2.05, 4.69) is 15.4 Å². The number of nitrogens with one attached hydrogen (secondary N) is 2. The lowest BCUT2D eigenvalue weighted by atomic mass is 9.96. The monoisotopic (exact) mass is 266 g/mol. The number of carbonyl (C=O) groups excluding carboxylic acids is 2. The zero-order valence-electron chi connectivity index (χ0n) is 11.5.